The third-order valence-electron chi connectivity index (χ3n) is 3.63. The summed E-state index contributed by atoms with van der Waals surface area (Å²) in [5.74, 6) is -0.537. The lowest BCUT2D eigenvalue weighted by Crippen LogP contribution is -2.46. The molecule has 1 saturated heterocycles. The van der Waals surface area contributed by atoms with E-state index in [2.05, 4.69) is 5.32 Å². The van der Waals surface area contributed by atoms with Gasteiger partial charge >= 0.3 is 0 Å². The van der Waals surface area contributed by atoms with Gasteiger partial charge < -0.3 is 10.2 Å². The van der Waals surface area contributed by atoms with Crippen molar-refractivity contribution >= 4 is 18.3 Å². The number of amides is 1. The molecule has 0 unspecified atom stereocenters. The summed E-state index contributed by atoms with van der Waals surface area (Å²) in [5, 5.41) is 3.29. The molecule has 0 aliphatic carbocycles. The number of halogens is 2. The maximum absolute atomic E-state index is 13.6. The Labute approximate surface area is 112 Å². The topological polar surface area (TPSA) is 32.3 Å². The minimum atomic E-state index is -0.390. The lowest BCUT2D eigenvalue weighted by atomic mass is 10.1. The number of piperidine rings is 1. The van der Waals surface area contributed by atoms with E-state index in [9.17, 15) is 9.18 Å². The Kier molecular flexibility index (Phi) is 3.88. The zero-order chi connectivity index (χ0) is 11.8. The first-order valence-electron chi connectivity index (χ1n) is 6.06. The van der Waals surface area contributed by atoms with Gasteiger partial charge in [0.2, 0.25) is 0 Å². The highest BCUT2D eigenvalue weighted by molar-refractivity contribution is 5.98. The molecule has 5 heteroatoms. The van der Waals surface area contributed by atoms with Crippen molar-refractivity contribution in [3.05, 3.63) is 35.1 Å². The Balaban J connectivity index is 0.00000120. The van der Waals surface area contributed by atoms with Crippen LogP contribution in [0.25, 0.3) is 0 Å². The van der Waals surface area contributed by atoms with Crippen LogP contribution in [0.3, 0.4) is 0 Å². The summed E-state index contributed by atoms with van der Waals surface area (Å²) in [5.41, 5.74) is 1.10. The van der Waals surface area contributed by atoms with Crippen molar-refractivity contribution in [1.82, 2.24) is 10.2 Å². The molecule has 1 fully saturated rings. The molecule has 98 valence electrons. The third-order valence-corrected chi connectivity index (χ3v) is 3.63. The van der Waals surface area contributed by atoms with Gasteiger partial charge in [-0.2, -0.15) is 0 Å². The average Bonchev–Trinajstić information content (AvgIpc) is 2.69. The van der Waals surface area contributed by atoms with Gasteiger partial charge in [-0.3, -0.25) is 4.79 Å². The van der Waals surface area contributed by atoms with Gasteiger partial charge in [-0.15, -0.1) is 12.4 Å². The summed E-state index contributed by atoms with van der Waals surface area (Å²) >= 11 is 0. The number of hydrogen-bond donors (Lipinski definition) is 1. The van der Waals surface area contributed by atoms with Crippen LogP contribution >= 0.6 is 12.4 Å². The van der Waals surface area contributed by atoms with Crippen LogP contribution in [0.2, 0.25) is 0 Å². The van der Waals surface area contributed by atoms with Gasteiger partial charge in [0.15, 0.2) is 0 Å². The van der Waals surface area contributed by atoms with Gasteiger partial charge in [-0.1, -0.05) is 12.1 Å². The van der Waals surface area contributed by atoms with Crippen LogP contribution in [0, 0.1) is 5.82 Å². The van der Waals surface area contributed by atoms with E-state index < -0.39 is 5.82 Å². The summed E-state index contributed by atoms with van der Waals surface area (Å²) < 4.78 is 13.6. The summed E-state index contributed by atoms with van der Waals surface area (Å²) in [7, 11) is 0. The fourth-order valence-corrected chi connectivity index (χ4v) is 2.73. The Morgan fingerprint density at radius 2 is 2.22 bits per heavy atom. The van der Waals surface area contributed by atoms with E-state index in [1.807, 2.05) is 6.07 Å². The normalized spacial score (nSPS) is 22.6. The van der Waals surface area contributed by atoms with E-state index in [1.54, 1.807) is 11.0 Å². The fourth-order valence-electron chi connectivity index (χ4n) is 2.73. The van der Waals surface area contributed by atoms with E-state index in [1.165, 1.54) is 6.07 Å². The average molecular weight is 271 g/mol. The van der Waals surface area contributed by atoms with Gasteiger partial charge in [0, 0.05) is 19.1 Å². The number of hydrogen-bond acceptors (Lipinski definition) is 2. The number of carbonyl (C=O) groups excluding carboxylic acids is 1. The van der Waals surface area contributed by atoms with Crippen molar-refractivity contribution in [3.8, 4) is 0 Å². The molecule has 1 N–H and O–H groups in total. The number of nitrogens with one attached hydrogen (secondary N) is 1. The molecular formula is C13H16ClFN2O. The molecule has 0 aromatic heterocycles. The molecule has 1 aromatic carbocycles. The minimum absolute atomic E-state index is 0. The van der Waals surface area contributed by atoms with Crippen LogP contribution < -0.4 is 5.32 Å². The molecule has 0 bridgehead atoms. The van der Waals surface area contributed by atoms with Gasteiger partial charge in [-0.25, -0.2) is 4.39 Å². The molecule has 2 aliphatic rings. The highest BCUT2D eigenvalue weighted by atomic mass is 35.5. The Morgan fingerprint density at radius 3 is 2.89 bits per heavy atom. The van der Waals surface area contributed by atoms with E-state index >= 15 is 0 Å². The molecule has 1 amide bonds. The molecular weight excluding hydrogens is 255 g/mol. The highest BCUT2D eigenvalue weighted by Crippen LogP contribution is 2.28. The quantitative estimate of drug-likeness (QED) is 0.846. The molecule has 1 aromatic rings. The monoisotopic (exact) mass is 270 g/mol. The van der Waals surface area contributed by atoms with E-state index in [4.69, 9.17) is 0 Å². The minimum Gasteiger partial charge on any atom is -0.330 e. The zero-order valence-corrected chi connectivity index (χ0v) is 10.8. The molecule has 0 saturated carbocycles. The lowest BCUT2D eigenvalue weighted by molar-refractivity contribution is 0.0671. The molecule has 2 heterocycles. The molecule has 18 heavy (non-hydrogen) atoms. The van der Waals surface area contributed by atoms with Crippen molar-refractivity contribution in [2.75, 3.05) is 13.1 Å². The van der Waals surface area contributed by atoms with Gasteiger partial charge in [0.1, 0.15) is 5.82 Å². The second-order valence-corrected chi connectivity index (χ2v) is 4.71. The van der Waals surface area contributed by atoms with Crippen LogP contribution in [0.4, 0.5) is 4.39 Å². The fraction of sp³-hybridized carbons (Fsp3) is 0.462. The van der Waals surface area contributed by atoms with Crippen LogP contribution in [0.1, 0.15) is 28.8 Å². The van der Waals surface area contributed by atoms with E-state index in [-0.39, 0.29) is 29.9 Å². The lowest BCUT2D eigenvalue weighted by Gasteiger charge is -2.31. The van der Waals surface area contributed by atoms with Gasteiger partial charge in [0.25, 0.3) is 5.91 Å². The molecule has 3 nitrogen and oxygen atoms in total. The molecule has 3 rings (SSSR count). The van der Waals surface area contributed by atoms with Crippen LogP contribution in [0.15, 0.2) is 18.2 Å². The Hall–Kier alpha value is -1.13. The summed E-state index contributed by atoms with van der Waals surface area (Å²) in [6.45, 7) is 2.39. The molecule has 2 aliphatic heterocycles. The zero-order valence-electron chi connectivity index (χ0n) is 9.99. The van der Waals surface area contributed by atoms with Crippen molar-refractivity contribution in [2.24, 2.45) is 0 Å². The first-order valence-corrected chi connectivity index (χ1v) is 6.06. The van der Waals surface area contributed by atoms with Crippen LogP contribution in [-0.2, 0) is 6.54 Å². The van der Waals surface area contributed by atoms with Crippen molar-refractivity contribution < 1.29 is 9.18 Å². The number of rotatable bonds is 1. The summed E-state index contributed by atoms with van der Waals surface area (Å²) in [4.78, 5) is 14.0. The van der Waals surface area contributed by atoms with Crippen molar-refractivity contribution in [1.29, 1.82) is 0 Å². The second kappa shape index (κ2) is 5.24. The second-order valence-electron chi connectivity index (χ2n) is 4.71. The first-order chi connectivity index (χ1) is 8.27. The van der Waals surface area contributed by atoms with Crippen molar-refractivity contribution in [2.45, 2.75) is 25.4 Å². The van der Waals surface area contributed by atoms with Gasteiger partial charge in [-0.05, 0) is 31.0 Å². The molecule has 1 atom stereocenters. The summed E-state index contributed by atoms with van der Waals surface area (Å²) in [6.07, 6.45) is 2.08. The summed E-state index contributed by atoms with van der Waals surface area (Å²) in [6, 6.07) is 5.08. The molecule has 0 radical (unpaired) electrons. The number of carbonyl (C=O) groups is 1. The smallest absolute Gasteiger partial charge is 0.257 e. The number of nitrogens with zero attached hydrogens (tertiary/aromatic N) is 1. The predicted octanol–water partition coefficient (Wildman–Crippen LogP) is 1.96. The standard InChI is InChI=1S/C13H15FN2O.ClH/c14-11-5-1-3-9-8-16(13(17)12(9)11)10-4-2-6-15-7-10;/h1,3,5,10,15H,2,4,6-8H2;1H/t10-;/m0./s1. The predicted molar refractivity (Wildman–Crippen MR) is 69.4 cm³/mol. The third kappa shape index (κ3) is 2.10. The van der Waals surface area contributed by atoms with Crippen LogP contribution in [0.5, 0.6) is 0 Å². The largest absolute Gasteiger partial charge is 0.330 e. The Morgan fingerprint density at radius 1 is 1.39 bits per heavy atom. The Bertz CT molecular complexity index is 460. The van der Waals surface area contributed by atoms with E-state index in [0.717, 1.165) is 31.5 Å². The first kappa shape index (κ1) is 13.3. The molecule has 0 spiro atoms. The van der Waals surface area contributed by atoms with Crippen LogP contribution in [-0.4, -0.2) is 29.9 Å². The van der Waals surface area contributed by atoms with Gasteiger partial charge in [0.05, 0.1) is 5.56 Å². The SMILES string of the molecule is Cl.O=C1c2c(F)cccc2CN1[C@H]1CCCNC1. The highest BCUT2D eigenvalue weighted by Gasteiger charge is 2.34. The maximum Gasteiger partial charge on any atom is 0.257 e. The van der Waals surface area contributed by atoms with E-state index in [0.29, 0.717) is 6.54 Å². The van der Waals surface area contributed by atoms with Crippen molar-refractivity contribution in [3.63, 3.8) is 0 Å². The number of fused-ring (bicyclic) bond motifs is 1. The maximum atomic E-state index is 13.6. The number of benzene rings is 1.